The number of Topliss-reactive ketones (excluding diaryl/α,β-unsaturated/α-hetero) is 8. The maximum atomic E-state index is 14.2. The molecule has 1 saturated carbocycles. The fraction of sp³-hybridized carbons (Fsp3) is 0.904. The molecule has 4 fully saturated rings. The molecule has 17 unspecified atom stereocenters. The number of ether oxygens (including phenoxy) is 9. The van der Waals surface area contributed by atoms with Gasteiger partial charge in [-0.2, -0.15) is 0 Å². The highest BCUT2D eigenvalue weighted by Gasteiger charge is 2.46. The van der Waals surface area contributed by atoms with E-state index in [4.69, 9.17) is 47.2 Å². The van der Waals surface area contributed by atoms with Crippen LogP contribution in [0.4, 0.5) is 0 Å². The molecule has 1 aliphatic carbocycles. The average Bonchev–Trinajstić information content (AvgIpc) is 1.82. The van der Waals surface area contributed by atoms with E-state index in [0.717, 1.165) is 45.6 Å². The summed E-state index contributed by atoms with van der Waals surface area (Å²) in [5, 5.41) is 100. The van der Waals surface area contributed by atoms with Crippen LogP contribution in [0.5, 0.6) is 0 Å². The Kier molecular flexibility index (Phi) is 53.8. The Morgan fingerprint density at radius 2 is 0.652 bits per heavy atom. The van der Waals surface area contributed by atoms with Gasteiger partial charge in [0.15, 0.2) is 18.9 Å². The van der Waals surface area contributed by atoms with Gasteiger partial charge in [0.1, 0.15) is 82.9 Å². The van der Waals surface area contributed by atoms with Crippen molar-refractivity contribution in [2.75, 3.05) is 93.0 Å². The molecule has 4 rings (SSSR count). The van der Waals surface area contributed by atoms with E-state index in [-0.39, 0.29) is 182 Å². The van der Waals surface area contributed by atoms with Crippen molar-refractivity contribution in [3.05, 3.63) is 0 Å². The Hall–Kier alpha value is -3.29. The number of phosphoric ester groups is 1. The molecule has 0 aromatic rings. The first-order valence-corrected chi connectivity index (χ1v) is 44.4. The second-order valence-electron chi connectivity index (χ2n) is 32.6. The molecule has 0 aromatic carbocycles. The van der Waals surface area contributed by atoms with Gasteiger partial charge in [-0.15, -0.1) is 0 Å². The van der Waals surface area contributed by atoms with Crippen LogP contribution in [0.25, 0.3) is 0 Å². The maximum absolute atomic E-state index is 14.2. The van der Waals surface area contributed by atoms with Gasteiger partial charge >= 0.3 is 7.82 Å². The molecule has 3 heterocycles. The third-order valence-corrected chi connectivity index (χ3v) is 23.6. The van der Waals surface area contributed by atoms with Crippen LogP contribution in [0, 0.1) is 35.0 Å². The van der Waals surface area contributed by atoms with Gasteiger partial charge in [0.25, 0.3) is 0 Å². The topological polar surface area (TPSA) is 478 Å². The second-order valence-corrected chi connectivity index (χ2v) is 34.2. The lowest BCUT2D eigenvalue weighted by molar-refractivity contribution is -0.282. The Labute approximate surface area is 680 Å². The summed E-state index contributed by atoms with van der Waals surface area (Å²) in [4.78, 5) is 115. The first-order chi connectivity index (χ1) is 55.1. The largest absolute Gasteiger partial charge is 0.471 e. The molecule has 668 valence electrons. The lowest BCUT2D eigenvalue weighted by Crippen LogP contribution is -2.55. The van der Waals surface area contributed by atoms with Crippen molar-refractivity contribution in [1.29, 1.82) is 0 Å². The number of aliphatic hydroxyl groups excluding tert-OH is 10. The predicted molar refractivity (Wildman–Crippen MR) is 419 cm³/mol. The summed E-state index contributed by atoms with van der Waals surface area (Å²) in [5.41, 5.74) is -1.08. The van der Waals surface area contributed by atoms with Gasteiger partial charge in [0, 0.05) is 146 Å². The fourth-order valence-corrected chi connectivity index (χ4v) is 15.6. The summed E-state index contributed by atoms with van der Waals surface area (Å²) >= 11 is 0. The third kappa shape index (κ3) is 41.9. The fourth-order valence-electron chi connectivity index (χ4n) is 15.2. The van der Waals surface area contributed by atoms with E-state index in [0.29, 0.717) is 148 Å². The molecule has 0 aromatic heterocycles. The molecule has 11 N–H and O–H groups in total. The first kappa shape index (κ1) is 104. The number of hydrogen-bond acceptors (Lipinski definition) is 30. The molecule has 31 nitrogen and oxygen atoms in total. The minimum Gasteiger partial charge on any atom is -0.394 e. The molecule has 32 heteroatoms. The molecular weight excluding hydrogens is 1520 g/mol. The van der Waals surface area contributed by atoms with Crippen molar-refractivity contribution < 1.29 is 151 Å². The number of carbonyl (C=O) groups excluding carboxylic acids is 8. The second kappa shape index (κ2) is 59.5. The van der Waals surface area contributed by atoms with Crippen molar-refractivity contribution in [1.82, 2.24) is 0 Å². The number of unbranched alkanes of at least 4 members (excludes halogenated alkanes) is 15. The highest BCUT2D eigenvalue weighted by molar-refractivity contribution is 7.47. The number of phosphoric acid groups is 1. The molecule has 19 atom stereocenters. The number of rotatable bonds is 71. The summed E-state index contributed by atoms with van der Waals surface area (Å²) in [5.74, 6) is -2.35. The molecule has 4 aliphatic rings. The maximum Gasteiger partial charge on any atom is 0.471 e. The SMILES string of the molecule is COP(=O)(O)OC[C@@H]1C[C@@H](O)CC1C(=O)CCCCCCCCCCC(=O)CC(COCCC(=O)CCCCCC(=O)CCCCOC1OC(CO)C(O)C(O)C1C)(COCCC(=O)CCCCCC(=O)CCCCOC1OC(CO)C(O)C(O)C1C)COCCC(=O)CCCCCC(=O)CCCOC1OC(CO)C(O)C(O)C1C. The van der Waals surface area contributed by atoms with Crippen LogP contribution >= 0.6 is 7.82 Å². The number of ketones is 8. The highest BCUT2D eigenvalue weighted by atomic mass is 31.2. The molecule has 0 bridgehead atoms. The predicted octanol–water partition coefficient (Wildman–Crippen LogP) is 7.43. The van der Waals surface area contributed by atoms with E-state index in [9.17, 15) is 98.9 Å². The highest BCUT2D eigenvalue weighted by Crippen LogP contribution is 2.45. The molecule has 0 amide bonds. The van der Waals surface area contributed by atoms with Gasteiger partial charge in [0.2, 0.25) is 0 Å². The zero-order valence-corrected chi connectivity index (χ0v) is 70.1. The molecule has 115 heavy (non-hydrogen) atoms. The quantitative estimate of drug-likeness (QED) is 0.0208. The lowest BCUT2D eigenvalue weighted by Gasteiger charge is -2.40. The van der Waals surface area contributed by atoms with Crippen LogP contribution in [0.3, 0.4) is 0 Å². The van der Waals surface area contributed by atoms with Crippen LogP contribution in [-0.4, -0.2) is 275 Å². The molecule has 0 spiro atoms. The van der Waals surface area contributed by atoms with Gasteiger partial charge in [0.05, 0.1) is 97.1 Å². The van der Waals surface area contributed by atoms with Crippen LogP contribution in [0.2, 0.25) is 0 Å². The van der Waals surface area contributed by atoms with Crippen molar-refractivity contribution in [2.24, 2.45) is 35.0 Å². The minimum absolute atomic E-state index is 0.00329. The smallest absolute Gasteiger partial charge is 0.394 e. The minimum atomic E-state index is -4.22. The monoisotopic (exact) mass is 1670 g/mol. The normalized spacial score (nSPS) is 27.5. The van der Waals surface area contributed by atoms with E-state index in [2.05, 4.69) is 4.52 Å². The van der Waals surface area contributed by atoms with Crippen molar-refractivity contribution >= 4 is 54.1 Å². The van der Waals surface area contributed by atoms with Gasteiger partial charge in [-0.1, -0.05) is 78.6 Å². The van der Waals surface area contributed by atoms with Gasteiger partial charge in [-0.05, 0) is 102 Å². The number of carbonyl (C=O) groups is 8. The third-order valence-electron chi connectivity index (χ3n) is 22.7. The van der Waals surface area contributed by atoms with Gasteiger partial charge in [-0.3, -0.25) is 47.4 Å². The van der Waals surface area contributed by atoms with Gasteiger partial charge < -0.3 is 98.6 Å². The Morgan fingerprint density at radius 1 is 0.365 bits per heavy atom. The van der Waals surface area contributed by atoms with Crippen LogP contribution in [0.1, 0.15) is 271 Å². The van der Waals surface area contributed by atoms with E-state index < -0.39 is 137 Å². The van der Waals surface area contributed by atoms with Crippen molar-refractivity contribution in [3.8, 4) is 0 Å². The Bertz CT molecular complexity index is 2690. The van der Waals surface area contributed by atoms with E-state index in [1.807, 2.05) is 0 Å². The van der Waals surface area contributed by atoms with Crippen molar-refractivity contribution in [3.63, 3.8) is 0 Å². The van der Waals surface area contributed by atoms with Crippen LogP contribution < -0.4 is 0 Å². The van der Waals surface area contributed by atoms with Gasteiger partial charge in [-0.25, -0.2) is 4.57 Å². The summed E-state index contributed by atoms with van der Waals surface area (Å²) in [6.45, 7) is 4.17. The summed E-state index contributed by atoms with van der Waals surface area (Å²) in [6, 6.07) is 0. The van der Waals surface area contributed by atoms with Crippen LogP contribution in [-0.2, 0) is 94.6 Å². The first-order valence-electron chi connectivity index (χ1n) is 42.9. The molecule has 3 saturated heterocycles. The lowest BCUT2D eigenvalue weighted by atomic mass is 9.83. The zero-order valence-electron chi connectivity index (χ0n) is 69.2. The summed E-state index contributed by atoms with van der Waals surface area (Å²) in [7, 11) is -3.16. The standard InChI is InChI=1S/C83H145O31P/c1-57-74(96)77(99)71(50-84)112-80(57)108-41-24-22-33-61(87)27-15-11-18-30-64(90)38-44-105-54-83(49-67(93)35-14-9-7-5-6-8-10-21-37-70(95)69-48-68(94)47-60(69)53-111-115(102,103)104-4,56-107-46-40-66(92)32-20-13-17-29-63(89)36-26-43-110-82-59(3)76(98)79(101)73(52-86)114-82)55-106-45-39-65(91)31-19-12-16-28-62(88)34-23-25-42-109-81-58(2)75(97)78(100)72(51-85)113-81/h57-60,68-69,71-82,84-86,94,96-101H,5-56H2,1-4H3,(H,102,103)/t57?,58?,59?,60-,68+,69?,71?,72?,73?,74?,75?,76?,77?,78?,79?,80?,81?,82?,83?/m0/s1. The zero-order chi connectivity index (χ0) is 84.6. The number of aliphatic hydroxyl groups is 10. The van der Waals surface area contributed by atoms with E-state index in [1.54, 1.807) is 20.8 Å². The Balaban J connectivity index is 1.29. The van der Waals surface area contributed by atoms with E-state index in [1.165, 1.54) is 0 Å². The summed E-state index contributed by atoms with van der Waals surface area (Å²) < 4.78 is 74.3. The Morgan fingerprint density at radius 3 is 0.991 bits per heavy atom. The molecule has 0 radical (unpaired) electrons. The van der Waals surface area contributed by atoms with E-state index >= 15 is 0 Å². The van der Waals surface area contributed by atoms with Crippen LogP contribution in [0.15, 0.2) is 0 Å². The summed E-state index contributed by atoms with van der Waals surface area (Å²) in [6.07, 6.45) is 5.96. The van der Waals surface area contributed by atoms with Crippen molar-refractivity contribution in [2.45, 2.75) is 351 Å². The molecular formula is C83H145O31P. The number of hydrogen-bond donors (Lipinski definition) is 11. The molecule has 3 aliphatic heterocycles. The average molecular weight is 1670 g/mol.